The minimum Gasteiger partial charge on any atom is -0.373 e. The van der Waals surface area contributed by atoms with Crippen LogP contribution >= 0.6 is 0 Å². The number of amides is 1. The van der Waals surface area contributed by atoms with Crippen LogP contribution in [-0.4, -0.2) is 48.0 Å². The van der Waals surface area contributed by atoms with Gasteiger partial charge in [0.25, 0.3) is 0 Å². The molecule has 6 nitrogen and oxygen atoms in total. The highest BCUT2D eigenvalue weighted by Gasteiger charge is 2.21. The molecule has 0 bridgehead atoms. The molecule has 1 amide bonds. The van der Waals surface area contributed by atoms with Gasteiger partial charge >= 0.3 is 0 Å². The zero-order chi connectivity index (χ0) is 18.5. The second-order valence-electron chi connectivity index (χ2n) is 6.85. The summed E-state index contributed by atoms with van der Waals surface area (Å²) < 4.78 is 7.69. The van der Waals surface area contributed by atoms with Crippen molar-refractivity contribution in [2.45, 2.75) is 32.8 Å². The monoisotopic (exact) mass is 356 g/mol. The zero-order valence-corrected chi connectivity index (χ0v) is 15.9. The molecule has 1 aromatic carbocycles. The summed E-state index contributed by atoms with van der Waals surface area (Å²) in [5, 5.41) is 7.43. The van der Waals surface area contributed by atoms with Crippen LogP contribution in [0, 0.1) is 13.8 Å². The first-order valence-electron chi connectivity index (χ1n) is 9.22. The fourth-order valence-corrected chi connectivity index (χ4v) is 3.45. The normalized spacial score (nSPS) is 17.3. The molecular weight excluding hydrogens is 328 g/mol. The van der Waals surface area contributed by atoms with Crippen LogP contribution < -0.4 is 10.2 Å². The fourth-order valence-electron chi connectivity index (χ4n) is 3.45. The third-order valence-electron chi connectivity index (χ3n) is 5.05. The van der Waals surface area contributed by atoms with Gasteiger partial charge in [-0.05, 0) is 38.0 Å². The average Bonchev–Trinajstić information content (AvgIpc) is 2.91. The van der Waals surface area contributed by atoms with E-state index in [0.29, 0.717) is 19.6 Å². The fraction of sp³-hybridized carbons (Fsp3) is 0.500. The summed E-state index contributed by atoms with van der Waals surface area (Å²) in [6.07, 6.45) is 1.22. The van der Waals surface area contributed by atoms with E-state index in [1.165, 1.54) is 11.3 Å². The number of morpholine rings is 1. The van der Waals surface area contributed by atoms with Gasteiger partial charge in [-0.15, -0.1) is 0 Å². The molecule has 2 aromatic rings. The van der Waals surface area contributed by atoms with Crippen LogP contribution in [0.3, 0.4) is 0 Å². The van der Waals surface area contributed by atoms with Crippen molar-refractivity contribution < 1.29 is 9.53 Å². The molecule has 0 saturated carbocycles. The van der Waals surface area contributed by atoms with Gasteiger partial charge in [-0.3, -0.25) is 9.48 Å². The molecule has 1 aliphatic heterocycles. The number of benzene rings is 1. The van der Waals surface area contributed by atoms with Gasteiger partial charge in [0.1, 0.15) is 0 Å². The number of ether oxygens (including phenoxy) is 1. The maximum atomic E-state index is 12.2. The number of nitrogens with zero attached hydrogens (tertiary/aromatic N) is 3. The van der Waals surface area contributed by atoms with Gasteiger partial charge in [0.15, 0.2) is 0 Å². The van der Waals surface area contributed by atoms with Gasteiger partial charge < -0.3 is 15.0 Å². The Morgan fingerprint density at radius 2 is 2.08 bits per heavy atom. The molecule has 26 heavy (non-hydrogen) atoms. The van der Waals surface area contributed by atoms with Crippen LogP contribution in [0.1, 0.15) is 23.4 Å². The lowest BCUT2D eigenvalue weighted by Gasteiger charge is -2.34. The number of carbonyl (C=O) groups excluding carboxylic acids is 1. The Labute approximate surface area is 155 Å². The molecule has 0 aliphatic carbocycles. The Hall–Kier alpha value is -2.34. The van der Waals surface area contributed by atoms with E-state index >= 15 is 0 Å². The standard InChI is InChI=1S/C20H28N4O2/c1-15-19(16(2)23(3)22-15)9-10-20(25)21-13-18-14-24(11-12-26-18)17-7-5-4-6-8-17/h4-8,18H,9-14H2,1-3H3,(H,21,25)/t18-/m0/s1. The molecule has 0 spiro atoms. The Balaban J connectivity index is 1.45. The predicted octanol–water partition coefficient (Wildman–Crippen LogP) is 1.99. The quantitative estimate of drug-likeness (QED) is 0.860. The molecule has 2 heterocycles. The molecule has 140 valence electrons. The van der Waals surface area contributed by atoms with Crippen LogP contribution in [-0.2, 0) is 23.0 Å². The SMILES string of the molecule is Cc1nn(C)c(C)c1CCC(=O)NC[C@H]1CN(c2ccccc2)CCO1. The summed E-state index contributed by atoms with van der Waals surface area (Å²) in [5.74, 6) is 0.0630. The smallest absolute Gasteiger partial charge is 0.220 e. The summed E-state index contributed by atoms with van der Waals surface area (Å²) in [5.41, 5.74) is 4.51. The number of hydrogen-bond acceptors (Lipinski definition) is 4. The van der Waals surface area contributed by atoms with Crippen molar-refractivity contribution in [1.82, 2.24) is 15.1 Å². The van der Waals surface area contributed by atoms with Crippen LogP contribution in [0.4, 0.5) is 5.69 Å². The first-order chi connectivity index (χ1) is 12.5. The van der Waals surface area contributed by atoms with E-state index in [1.54, 1.807) is 0 Å². The number of aromatic nitrogens is 2. The molecule has 3 rings (SSSR count). The second kappa shape index (κ2) is 8.36. The summed E-state index contributed by atoms with van der Waals surface area (Å²) in [4.78, 5) is 14.5. The Morgan fingerprint density at radius 1 is 1.31 bits per heavy atom. The van der Waals surface area contributed by atoms with E-state index < -0.39 is 0 Å². The molecule has 0 radical (unpaired) electrons. The third kappa shape index (κ3) is 4.43. The minimum atomic E-state index is 0.0229. The average molecular weight is 356 g/mol. The lowest BCUT2D eigenvalue weighted by molar-refractivity contribution is -0.121. The first kappa shape index (κ1) is 18.5. The number of hydrogen-bond donors (Lipinski definition) is 1. The summed E-state index contributed by atoms with van der Waals surface area (Å²) in [6.45, 7) is 6.95. The van der Waals surface area contributed by atoms with Crippen molar-refractivity contribution in [3.8, 4) is 0 Å². The van der Waals surface area contributed by atoms with Crippen LogP contribution in [0.5, 0.6) is 0 Å². The Kier molecular flexibility index (Phi) is 5.93. The summed E-state index contributed by atoms with van der Waals surface area (Å²) in [6, 6.07) is 10.3. The summed E-state index contributed by atoms with van der Waals surface area (Å²) in [7, 11) is 1.94. The van der Waals surface area contributed by atoms with E-state index in [1.807, 2.05) is 43.8 Å². The molecule has 1 atom stereocenters. The van der Waals surface area contributed by atoms with Crippen molar-refractivity contribution >= 4 is 11.6 Å². The number of nitrogens with one attached hydrogen (secondary N) is 1. The van der Waals surface area contributed by atoms with Crippen molar-refractivity contribution in [3.63, 3.8) is 0 Å². The maximum absolute atomic E-state index is 12.2. The highest BCUT2D eigenvalue weighted by atomic mass is 16.5. The van der Waals surface area contributed by atoms with Crippen LogP contribution in [0.15, 0.2) is 30.3 Å². The van der Waals surface area contributed by atoms with Gasteiger partial charge in [0.05, 0.1) is 18.4 Å². The summed E-state index contributed by atoms with van der Waals surface area (Å²) >= 11 is 0. The van der Waals surface area contributed by atoms with Gasteiger partial charge in [-0.25, -0.2) is 0 Å². The molecule has 1 saturated heterocycles. The number of anilines is 1. The van der Waals surface area contributed by atoms with Crippen molar-refractivity contribution in [2.24, 2.45) is 7.05 Å². The van der Waals surface area contributed by atoms with Gasteiger partial charge in [0, 0.05) is 44.5 Å². The van der Waals surface area contributed by atoms with Crippen LogP contribution in [0.25, 0.3) is 0 Å². The van der Waals surface area contributed by atoms with Crippen molar-refractivity contribution in [3.05, 3.63) is 47.3 Å². The largest absolute Gasteiger partial charge is 0.373 e. The molecule has 1 N–H and O–H groups in total. The Bertz CT molecular complexity index is 742. The minimum absolute atomic E-state index is 0.0229. The number of para-hydroxylation sites is 1. The highest BCUT2D eigenvalue weighted by Crippen LogP contribution is 2.17. The van der Waals surface area contributed by atoms with E-state index in [4.69, 9.17) is 4.74 Å². The third-order valence-corrected chi connectivity index (χ3v) is 5.05. The van der Waals surface area contributed by atoms with E-state index in [-0.39, 0.29) is 12.0 Å². The molecule has 1 aromatic heterocycles. The number of rotatable bonds is 6. The topological polar surface area (TPSA) is 59.4 Å². The lowest BCUT2D eigenvalue weighted by atomic mass is 10.1. The first-order valence-corrected chi connectivity index (χ1v) is 9.22. The predicted molar refractivity (Wildman–Crippen MR) is 102 cm³/mol. The zero-order valence-electron chi connectivity index (χ0n) is 15.9. The van der Waals surface area contributed by atoms with Gasteiger partial charge in [0.2, 0.25) is 5.91 Å². The van der Waals surface area contributed by atoms with Gasteiger partial charge in [-0.1, -0.05) is 18.2 Å². The van der Waals surface area contributed by atoms with Crippen molar-refractivity contribution in [2.75, 3.05) is 31.1 Å². The maximum Gasteiger partial charge on any atom is 0.220 e. The molecule has 0 unspecified atom stereocenters. The van der Waals surface area contributed by atoms with E-state index in [0.717, 1.165) is 30.9 Å². The van der Waals surface area contributed by atoms with Crippen LogP contribution in [0.2, 0.25) is 0 Å². The highest BCUT2D eigenvalue weighted by molar-refractivity contribution is 5.76. The molecule has 1 aliphatic rings. The van der Waals surface area contributed by atoms with Crippen molar-refractivity contribution in [1.29, 1.82) is 0 Å². The van der Waals surface area contributed by atoms with E-state index in [2.05, 4.69) is 27.4 Å². The van der Waals surface area contributed by atoms with Gasteiger partial charge in [-0.2, -0.15) is 5.10 Å². The molecular formula is C20H28N4O2. The number of carbonyl (C=O) groups is 1. The molecule has 6 heteroatoms. The second-order valence-corrected chi connectivity index (χ2v) is 6.85. The lowest BCUT2D eigenvalue weighted by Crippen LogP contribution is -2.47. The Morgan fingerprint density at radius 3 is 2.77 bits per heavy atom. The molecule has 1 fully saturated rings. The number of aryl methyl sites for hydroxylation is 2. The van der Waals surface area contributed by atoms with E-state index in [9.17, 15) is 4.79 Å².